The summed E-state index contributed by atoms with van der Waals surface area (Å²) >= 11 is 0. The summed E-state index contributed by atoms with van der Waals surface area (Å²) in [6, 6.07) is 8.25. The third-order valence-electron chi connectivity index (χ3n) is 4.24. The molecule has 0 spiro atoms. The minimum absolute atomic E-state index is 0.197. The Labute approximate surface area is 158 Å². The smallest absolute Gasteiger partial charge is 0.240 e. The molecular weight excluding hydrogens is 364 g/mol. The molecule has 27 heavy (non-hydrogen) atoms. The maximum Gasteiger partial charge on any atom is 0.240 e. The molecule has 0 aliphatic carbocycles. The lowest BCUT2D eigenvalue weighted by Gasteiger charge is -2.10. The van der Waals surface area contributed by atoms with Crippen molar-refractivity contribution in [3.8, 4) is 11.4 Å². The lowest BCUT2D eigenvalue weighted by atomic mass is 10.2. The van der Waals surface area contributed by atoms with Gasteiger partial charge in [0.05, 0.1) is 22.0 Å². The zero-order valence-electron chi connectivity index (χ0n) is 15.7. The summed E-state index contributed by atoms with van der Waals surface area (Å²) in [6.07, 6.45) is 1.69. The number of benzene rings is 1. The van der Waals surface area contributed by atoms with E-state index in [4.69, 9.17) is 0 Å². The molecule has 142 valence electrons. The van der Waals surface area contributed by atoms with Crippen LogP contribution in [0.1, 0.15) is 18.4 Å². The van der Waals surface area contributed by atoms with E-state index in [1.807, 2.05) is 19.9 Å². The Morgan fingerprint density at radius 3 is 2.41 bits per heavy atom. The Kier molecular flexibility index (Phi) is 5.24. The summed E-state index contributed by atoms with van der Waals surface area (Å²) < 4.78 is 28.0. The fraction of sp³-hybridized carbons (Fsp3) is 0.278. The van der Waals surface area contributed by atoms with Gasteiger partial charge in [-0.3, -0.25) is 0 Å². The Bertz CT molecular complexity index is 1060. The van der Waals surface area contributed by atoms with E-state index in [1.165, 1.54) is 19.2 Å². The summed E-state index contributed by atoms with van der Waals surface area (Å²) in [4.78, 5) is 13.6. The van der Waals surface area contributed by atoms with Crippen LogP contribution in [-0.2, 0) is 16.6 Å². The van der Waals surface area contributed by atoms with Crippen LogP contribution in [0.25, 0.3) is 11.4 Å². The van der Waals surface area contributed by atoms with Crippen LogP contribution in [0.5, 0.6) is 0 Å². The molecule has 2 heterocycles. The number of aromatic nitrogens is 4. The molecule has 3 rings (SSSR count). The zero-order valence-corrected chi connectivity index (χ0v) is 16.5. The van der Waals surface area contributed by atoms with Crippen LogP contribution in [-0.4, -0.2) is 35.0 Å². The highest BCUT2D eigenvalue weighted by molar-refractivity contribution is 7.89. The van der Waals surface area contributed by atoms with Crippen molar-refractivity contribution in [2.45, 2.75) is 32.2 Å². The van der Waals surface area contributed by atoms with Gasteiger partial charge in [-0.05, 0) is 58.2 Å². The van der Waals surface area contributed by atoms with Crippen molar-refractivity contribution in [2.24, 2.45) is 0 Å². The minimum atomic E-state index is -3.46. The number of nitrogens with one attached hydrogen (secondary N) is 2. The van der Waals surface area contributed by atoms with Gasteiger partial charge in [-0.2, -0.15) is 0 Å². The van der Waals surface area contributed by atoms with Crippen LogP contribution in [0.3, 0.4) is 0 Å². The molecule has 0 aliphatic heterocycles. The predicted octanol–water partition coefficient (Wildman–Crippen LogP) is 2.63. The number of anilines is 2. The zero-order chi connectivity index (χ0) is 19.6. The third kappa shape index (κ3) is 3.83. The Balaban J connectivity index is 1.89. The molecule has 0 unspecified atom stereocenters. The van der Waals surface area contributed by atoms with Crippen molar-refractivity contribution in [3.63, 3.8) is 0 Å². The highest BCUT2D eigenvalue weighted by Crippen LogP contribution is 2.24. The molecule has 1 aromatic carbocycles. The van der Waals surface area contributed by atoms with E-state index in [9.17, 15) is 8.42 Å². The molecule has 0 fully saturated rings. The summed E-state index contributed by atoms with van der Waals surface area (Å²) in [6.45, 7) is 6.81. The van der Waals surface area contributed by atoms with E-state index < -0.39 is 10.0 Å². The van der Waals surface area contributed by atoms with Gasteiger partial charge >= 0.3 is 0 Å². The average Bonchev–Trinajstić information content (AvgIpc) is 2.95. The topological polar surface area (TPSA) is 102 Å². The van der Waals surface area contributed by atoms with Crippen LogP contribution in [0.15, 0.2) is 41.4 Å². The third-order valence-corrected chi connectivity index (χ3v) is 5.67. The van der Waals surface area contributed by atoms with Crippen LogP contribution in [0, 0.1) is 13.8 Å². The second kappa shape index (κ2) is 7.45. The highest BCUT2D eigenvalue weighted by Gasteiger charge is 2.15. The lowest BCUT2D eigenvalue weighted by Crippen LogP contribution is -2.18. The molecule has 8 nitrogen and oxygen atoms in total. The van der Waals surface area contributed by atoms with Crippen molar-refractivity contribution in [3.05, 3.63) is 48.0 Å². The van der Waals surface area contributed by atoms with Gasteiger partial charge in [0.15, 0.2) is 0 Å². The molecule has 0 saturated carbocycles. The van der Waals surface area contributed by atoms with E-state index in [1.54, 1.807) is 18.3 Å². The van der Waals surface area contributed by atoms with Gasteiger partial charge in [-0.15, -0.1) is 0 Å². The maximum atomic E-state index is 11.8. The SMILES string of the molecule is CCn1c(C)nc(C)c1-c1ccnc(Nc2ccc(S(=O)(=O)NC)cc2)n1. The van der Waals surface area contributed by atoms with E-state index in [-0.39, 0.29) is 4.90 Å². The minimum Gasteiger partial charge on any atom is -0.327 e. The van der Waals surface area contributed by atoms with Crippen LogP contribution in [0.2, 0.25) is 0 Å². The fourth-order valence-corrected chi connectivity index (χ4v) is 3.67. The largest absolute Gasteiger partial charge is 0.327 e. The molecule has 9 heteroatoms. The van der Waals surface area contributed by atoms with Crippen molar-refractivity contribution in [2.75, 3.05) is 12.4 Å². The number of rotatable bonds is 6. The van der Waals surface area contributed by atoms with E-state index >= 15 is 0 Å². The van der Waals surface area contributed by atoms with E-state index in [2.05, 4.69) is 36.5 Å². The number of hydrogen-bond donors (Lipinski definition) is 2. The number of imidazole rings is 1. The fourth-order valence-electron chi connectivity index (χ4n) is 2.94. The van der Waals surface area contributed by atoms with E-state index in [0.29, 0.717) is 11.6 Å². The van der Waals surface area contributed by atoms with Gasteiger partial charge < -0.3 is 9.88 Å². The Morgan fingerprint density at radius 2 is 1.78 bits per heavy atom. The first-order valence-corrected chi connectivity index (χ1v) is 10.0. The molecule has 0 amide bonds. The molecule has 0 aliphatic rings. The number of sulfonamides is 1. The highest BCUT2D eigenvalue weighted by atomic mass is 32.2. The molecule has 0 bridgehead atoms. The molecule has 2 aromatic heterocycles. The number of hydrogen-bond acceptors (Lipinski definition) is 6. The van der Waals surface area contributed by atoms with Gasteiger partial charge in [0.2, 0.25) is 16.0 Å². The van der Waals surface area contributed by atoms with Crippen molar-refractivity contribution in [1.29, 1.82) is 0 Å². The molecule has 0 atom stereocenters. The van der Waals surface area contributed by atoms with Crippen molar-refractivity contribution < 1.29 is 8.42 Å². The standard InChI is InChI=1S/C18H22N6O2S/c1-5-24-13(3)21-12(2)17(24)16-10-11-20-18(23-16)22-14-6-8-15(9-7-14)27(25,26)19-4/h6-11,19H,5H2,1-4H3,(H,20,22,23). The summed E-state index contributed by atoms with van der Waals surface area (Å²) in [5.41, 5.74) is 3.36. The molecular formula is C18H22N6O2S. The first-order valence-electron chi connectivity index (χ1n) is 8.53. The van der Waals surface area contributed by atoms with Crippen molar-refractivity contribution >= 4 is 21.7 Å². The monoisotopic (exact) mass is 386 g/mol. The first kappa shape index (κ1) is 19.0. The Hall–Kier alpha value is -2.78. The predicted molar refractivity (Wildman–Crippen MR) is 104 cm³/mol. The summed E-state index contributed by atoms with van der Waals surface area (Å²) in [5.74, 6) is 1.37. The molecule has 3 aromatic rings. The number of nitrogens with zero attached hydrogens (tertiary/aromatic N) is 4. The summed E-state index contributed by atoms with van der Waals surface area (Å²) in [5, 5.41) is 3.11. The second-order valence-electron chi connectivity index (χ2n) is 5.96. The van der Waals surface area contributed by atoms with Crippen molar-refractivity contribution in [1.82, 2.24) is 24.2 Å². The molecule has 0 radical (unpaired) electrons. The van der Waals surface area contributed by atoms with Crippen LogP contribution in [0.4, 0.5) is 11.6 Å². The number of aryl methyl sites for hydroxylation is 2. The maximum absolute atomic E-state index is 11.8. The van der Waals surface area contributed by atoms with Gasteiger partial charge in [0.1, 0.15) is 5.82 Å². The lowest BCUT2D eigenvalue weighted by molar-refractivity contribution is 0.588. The second-order valence-corrected chi connectivity index (χ2v) is 7.85. The van der Waals surface area contributed by atoms with Gasteiger partial charge in [0.25, 0.3) is 0 Å². The average molecular weight is 386 g/mol. The molecule has 2 N–H and O–H groups in total. The van der Waals surface area contributed by atoms with E-state index in [0.717, 1.165) is 29.5 Å². The summed E-state index contributed by atoms with van der Waals surface area (Å²) in [7, 11) is -2.08. The van der Waals surface area contributed by atoms with Gasteiger partial charge in [-0.1, -0.05) is 0 Å². The van der Waals surface area contributed by atoms with Crippen LogP contribution < -0.4 is 10.0 Å². The first-order chi connectivity index (χ1) is 12.9. The normalized spacial score (nSPS) is 11.6. The quantitative estimate of drug-likeness (QED) is 0.675. The van der Waals surface area contributed by atoms with Gasteiger partial charge in [-0.25, -0.2) is 28.1 Å². The van der Waals surface area contributed by atoms with Gasteiger partial charge in [0, 0.05) is 18.4 Å². The Morgan fingerprint density at radius 1 is 1.07 bits per heavy atom. The van der Waals surface area contributed by atoms with Crippen LogP contribution >= 0.6 is 0 Å². The molecule has 0 saturated heterocycles.